The molecule has 3 aromatic rings. The van der Waals surface area contributed by atoms with Crippen LogP contribution in [0.1, 0.15) is 23.9 Å². The van der Waals surface area contributed by atoms with Gasteiger partial charge in [-0.15, -0.1) is 0 Å². The normalized spacial score (nSPS) is 16.4. The first-order valence-electron chi connectivity index (χ1n) is 9.27. The van der Waals surface area contributed by atoms with Gasteiger partial charge >= 0.3 is 12.1 Å². The predicted molar refractivity (Wildman–Crippen MR) is 98.1 cm³/mol. The maximum Gasteiger partial charge on any atom is 0.471 e. The zero-order valence-electron chi connectivity index (χ0n) is 16.2. The molecule has 0 radical (unpaired) electrons. The van der Waals surface area contributed by atoms with Crippen LogP contribution in [-0.2, 0) is 23.9 Å². The third-order valence-electron chi connectivity index (χ3n) is 4.85. The van der Waals surface area contributed by atoms with Gasteiger partial charge in [-0.25, -0.2) is 4.39 Å². The molecule has 0 saturated carbocycles. The highest BCUT2D eigenvalue weighted by atomic mass is 19.4. The van der Waals surface area contributed by atoms with E-state index in [1.165, 1.54) is 11.0 Å². The first kappa shape index (κ1) is 20.8. The van der Waals surface area contributed by atoms with E-state index in [-0.39, 0.29) is 48.4 Å². The minimum Gasteiger partial charge on any atom is -0.491 e. The summed E-state index contributed by atoms with van der Waals surface area (Å²) < 4.78 is 62.9. The Morgan fingerprint density at radius 1 is 1.26 bits per heavy atom. The fourth-order valence-electron chi connectivity index (χ4n) is 3.22. The number of aromatic nitrogens is 3. The summed E-state index contributed by atoms with van der Waals surface area (Å²) in [6.07, 6.45) is -1.53. The van der Waals surface area contributed by atoms with Crippen molar-refractivity contribution in [2.45, 2.75) is 32.1 Å². The quantitative estimate of drug-likeness (QED) is 0.583. The fourth-order valence-corrected chi connectivity index (χ4v) is 3.22. The Bertz CT molecular complexity index is 1100. The van der Waals surface area contributed by atoms with Gasteiger partial charge in [-0.2, -0.15) is 18.2 Å². The van der Waals surface area contributed by atoms with Gasteiger partial charge in [-0.1, -0.05) is 5.16 Å². The van der Waals surface area contributed by atoms with Gasteiger partial charge in [0.25, 0.3) is 0 Å². The molecule has 162 valence electrons. The lowest BCUT2D eigenvalue weighted by molar-refractivity contribution is -0.159. The van der Waals surface area contributed by atoms with Gasteiger partial charge in [0.2, 0.25) is 11.7 Å². The Morgan fingerprint density at radius 2 is 2.00 bits per heavy atom. The molecule has 0 bridgehead atoms. The average molecular weight is 436 g/mol. The zero-order valence-corrected chi connectivity index (χ0v) is 16.2. The first-order chi connectivity index (χ1) is 14.7. The van der Waals surface area contributed by atoms with Crippen LogP contribution in [0.5, 0.6) is 5.75 Å². The summed E-state index contributed by atoms with van der Waals surface area (Å²) in [4.78, 5) is 21.5. The molecule has 4 rings (SSSR count). The molecule has 31 heavy (non-hydrogen) atoms. The van der Waals surface area contributed by atoms with E-state index in [0.29, 0.717) is 0 Å². The van der Waals surface area contributed by atoms with E-state index >= 15 is 0 Å². The van der Waals surface area contributed by atoms with Gasteiger partial charge in [0.1, 0.15) is 18.2 Å². The highest BCUT2D eigenvalue weighted by molar-refractivity contribution is 5.79. The van der Waals surface area contributed by atoms with E-state index < -0.39 is 23.7 Å². The van der Waals surface area contributed by atoms with Crippen LogP contribution >= 0.6 is 0 Å². The van der Waals surface area contributed by atoms with E-state index in [2.05, 4.69) is 19.6 Å². The van der Waals surface area contributed by atoms with Crippen LogP contribution < -0.4 is 4.74 Å². The Balaban J connectivity index is 1.61. The standard InChI is InChI=1S/C20H16F4N4O3/c1-11-10-30-16-8-13(18-26-19(31-27-18)20(22,23)24)7-15(21)14(16)9-28(11)17(29)6-12-2-4-25-5-3-12/h2-5,7-8,11H,6,9-10H2,1H3/t11-/m0/s1. The number of hydrogen-bond donors (Lipinski definition) is 0. The minimum atomic E-state index is -4.81. The molecule has 0 N–H and O–H groups in total. The van der Waals surface area contributed by atoms with Crippen LogP contribution in [-0.4, -0.2) is 38.6 Å². The largest absolute Gasteiger partial charge is 0.491 e. The van der Waals surface area contributed by atoms with Crippen LogP contribution in [0.25, 0.3) is 11.4 Å². The molecule has 1 amide bonds. The summed E-state index contributed by atoms with van der Waals surface area (Å²) in [5.74, 6) is -2.80. The van der Waals surface area contributed by atoms with Crippen LogP contribution in [0.15, 0.2) is 41.2 Å². The predicted octanol–water partition coefficient (Wildman–Crippen LogP) is 3.64. The number of benzene rings is 1. The number of carbonyl (C=O) groups excluding carboxylic acids is 1. The monoisotopic (exact) mass is 436 g/mol. The number of rotatable bonds is 3. The topological polar surface area (TPSA) is 81.4 Å². The molecule has 0 saturated heterocycles. The van der Waals surface area contributed by atoms with Crippen LogP contribution in [0.3, 0.4) is 0 Å². The summed E-state index contributed by atoms with van der Waals surface area (Å²) >= 11 is 0. The molecule has 2 aromatic heterocycles. The molecule has 0 unspecified atom stereocenters. The number of nitrogens with zero attached hydrogens (tertiary/aromatic N) is 4. The van der Waals surface area contributed by atoms with Crippen molar-refractivity contribution >= 4 is 5.91 Å². The third kappa shape index (κ3) is 4.35. The molecule has 1 aliphatic heterocycles. The Hall–Kier alpha value is -3.50. The highest BCUT2D eigenvalue weighted by Gasteiger charge is 2.38. The van der Waals surface area contributed by atoms with E-state index in [1.54, 1.807) is 31.5 Å². The van der Waals surface area contributed by atoms with Crippen LogP contribution in [0.2, 0.25) is 0 Å². The zero-order chi connectivity index (χ0) is 22.2. The molecule has 7 nitrogen and oxygen atoms in total. The second kappa shape index (κ2) is 7.97. The van der Waals surface area contributed by atoms with Gasteiger partial charge in [0, 0.05) is 23.5 Å². The molecule has 0 aliphatic carbocycles. The summed E-state index contributed by atoms with van der Waals surface area (Å²) in [5, 5.41) is 3.27. The third-order valence-corrected chi connectivity index (χ3v) is 4.85. The molecule has 1 atom stereocenters. The van der Waals surface area contributed by atoms with Crippen molar-refractivity contribution in [1.82, 2.24) is 20.0 Å². The first-order valence-corrected chi connectivity index (χ1v) is 9.27. The van der Waals surface area contributed by atoms with Crippen molar-refractivity contribution in [3.05, 3.63) is 59.5 Å². The molecular formula is C20H16F4N4O3. The number of halogens is 4. The van der Waals surface area contributed by atoms with Gasteiger partial charge in [0.15, 0.2) is 0 Å². The Morgan fingerprint density at radius 3 is 2.68 bits per heavy atom. The van der Waals surface area contributed by atoms with E-state index in [0.717, 1.165) is 11.6 Å². The fraction of sp³-hybridized carbons (Fsp3) is 0.300. The molecule has 0 fully saturated rings. The number of ether oxygens (including phenoxy) is 1. The van der Waals surface area contributed by atoms with E-state index in [1.807, 2.05) is 0 Å². The highest BCUT2D eigenvalue weighted by Crippen LogP contribution is 2.34. The summed E-state index contributed by atoms with van der Waals surface area (Å²) in [5.41, 5.74) is 0.862. The maximum atomic E-state index is 14.9. The SMILES string of the molecule is C[C@H]1COc2cc(-c3noc(C(F)(F)F)n3)cc(F)c2CN1C(=O)Cc1ccncc1. The number of hydrogen-bond acceptors (Lipinski definition) is 6. The number of fused-ring (bicyclic) bond motifs is 1. The lowest BCUT2D eigenvalue weighted by atomic mass is 10.1. The molecule has 3 heterocycles. The summed E-state index contributed by atoms with van der Waals surface area (Å²) in [6.45, 7) is 1.80. The summed E-state index contributed by atoms with van der Waals surface area (Å²) in [6, 6.07) is 5.42. The van der Waals surface area contributed by atoms with Gasteiger partial charge < -0.3 is 14.2 Å². The van der Waals surface area contributed by atoms with Crippen LogP contribution in [0.4, 0.5) is 17.6 Å². The summed E-state index contributed by atoms with van der Waals surface area (Å²) in [7, 11) is 0. The molecule has 11 heteroatoms. The lowest BCUT2D eigenvalue weighted by Crippen LogP contribution is -2.40. The van der Waals surface area contributed by atoms with Crippen molar-refractivity contribution in [1.29, 1.82) is 0 Å². The molecule has 1 aliphatic rings. The molecule has 0 spiro atoms. The van der Waals surface area contributed by atoms with Crippen molar-refractivity contribution in [2.24, 2.45) is 0 Å². The second-order valence-electron chi connectivity index (χ2n) is 7.07. The lowest BCUT2D eigenvalue weighted by Gasteiger charge is -2.26. The number of carbonyl (C=O) groups is 1. The van der Waals surface area contributed by atoms with Gasteiger partial charge in [-0.05, 0) is 36.8 Å². The number of pyridine rings is 1. The minimum absolute atomic E-state index is 0.0280. The Labute approximate surface area is 173 Å². The Kier molecular flexibility index (Phi) is 5.34. The van der Waals surface area contributed by atoms with Crippen LogP contribution in [0, 0.1) is 5.82 Å². The van der Waals surface area contributed by atoms with Gasteiger partial charge in [0.05, 0.1) is 19.0 Å². The average Bonchev–Trinajstić information content (AvgIpc) is 3.16. The van der Waals surface area contributed by atoms with Crippen molar-refractivity contribution in [3.8, 4) is 17.1 Å². The smallest absolute Gasteiger partial charge is 0.471 e. The maximum absolute atomic E-state index is 14.9. The molecule has 1 aromatic carbocycles. The number of amides is 1. The van der Waals surface area contributed by atoms with Crippen molar-refractivity contribution in [3.63, 3.8) is 0 Å². The van der Waals surface area contributed by atoms with Gasteiger partial charge in [-0.3, -0.25) is 9.78 Å². The number of alkyl halides is 3. The second-order valence-corrected chi connectivity index (χ2v) is 7.07. The van der Waals surface area contributed by atoms with Crippen molar-refractivity contribution < 1.29 is 31.6 Å². The molecular weight excluding hydrogens is 420 g/mol. The van der Waals surface area contributed by atoms with Crippen molar-refractivity contribution in [2.75, 3.05) is 6.61 Å². The van der Waals surface area contributed by atoms with E-state index in [4.69, 9.17) is 4.74 Å². The van der Waals surface area contributed by atoms with E-state index in [9.17, 15) is 22.4 Å².